The van der Waals surface area contributed by atoms with E-state index in [9.17, 15) is 0 Å². The minimum atomic E-state index is 0.216. The summed E-state index contributed by atoms with van der Waals surface area (Å²) in [7, 11) is 0. The maximum atomic E-state index is 5.93. The van der Waals surface area contributed by atoms with E-state index >= 15 is 0 Å². The van der Waals surface area contributed by atoms with Crippen LogP contribution in [0.1, 0.15) is 0 Å². The molecule has 0 atom stereocenters. The third-order valence-corrected chi connectivity index (χ3v) is 3.10. The molecule has 1 aromatic heterocycles. The molecule has 0 aliphatic carbocycles. The molecule has 2 aromatic carbocycles. The van der Waals surface area contributed by atoms with E-state index in [1.165, 1.54) is 0 Å². The van der Waals surface area contributed by atoms with E-state index in [1.807, 2.05) is 54.6 Å². The van der Waals surface area contributed by atoms with E-state index in [0.29, 0.717) is 10.8 Å². The molecule has 19 heavy (non-hydrogen) atoms. The van der Waals surface area contributed by atoms with Crippen molar-refractivity contribution in [3.05, 3.63) is 64.9 Å². The number of rotatable bonds is 2. The van der Waals surface area contributed by atoms with Gasteiger partial charge in [0.1, 0.15) is 0 Å². The normalized spacial score (nSPS) is 10.6. The van der Waals surface area contributed by atoms with Crippen molar-refractivity contribution in [2.24, 2.45) is 0 Å². The minimum absolute atomic E-state index is 0.216. The summed E-state index contributed by atoms with van der Waals surface area (Å²) in [6, 6.07) is 17.1. The highest BCUT2D eigenvalue weighted by atomic mass is 35.5. The van der Waals surface area contributed by atoms with Gasteiger partial charge in [0.15, 0.2) is 5.82 Å². The minimum Gasteiger partial charge on any atom is -0.212 e. The molecule has 3 rings (SSSR count). The first kappa shape index (κ1) is 12.2. The van der Waals surface area contributed by atoms with Crippen molar-refractivity contribution in [3.63, 3.8) is 0 Å². The Hall–Kier alpha value is -1.84. The molecule has 0 radical (unpaired) electrons. The van der Waals surface area contributed by atoms with Crippen LogP contribution in [0.5, 0.6) is 0 Å². The monoisotopic (exact) mass is 289 g/mol. The van der Waals surface area contributed by atoms with Crippen LogP contribution in [0.3, 0.4) is 0 Å². The summed E-state index contributed by atoms with van der Waals surface area (Å²) in [5.41, 5.74) is 1.82. The third kappa shape index (κ3) is 2.48. The van der Waals surface area contributed by atoms with Gasteiger partial charge in [-0.1, -0.05) is 29.8 Å². The lowest BCUT2D eigenvalue weighted by Gasteiger charge is -2.05. The molecular weight excluding hydrogens is 281 g/mol. The van der Waals surface area contributed by atoms with Crippen molar-refractivity contribution in [2.75, 3.05) is 0 Å². The molecule has 0 saturated carbocycles. The van der Waals surface area contributed by atoms with Gasteiger partial charge in [0.2, 0.25) is 5.28 Å². The molecule has 5 heteroatoms. The van der Waals surface area contributed by atoms with E-state index in [1.54, 1.807) is 4.68 Å². The molecule has 0 saturated heterocycles. The summed E-state index contributed by atoms with van der Waals surface area (Å²) >= 11 is 11.8. The first-order valence-corrected chi connectivity index (χ1v) is 6.43. The van der Waals surface area contributed by atoms with E-state index < -0.39 is 0 Å². The van der Waals surface area contributed by atoms with Crippen molar-refractivity contribution in [1.29, 1.82) is 0 Å². The van der Waals surface area contributed by atoms with Crippen LogP contribution in [0.2, 0.25) is 10.3 Å². The van der Waals surface area contributed by atoms with Gasteiger partial charge in [-0.25, -0.2) is 4.68 Å². The summed E-state index contributed by atoms with van der Waals surface area (Å²) in [5.74, 6) is 0.688. The van der Waals surface area contributed by atoms with Crippen molar-refractivity contribution in [1.82, 2.24) is 14.8 Å². The van der Waals surface area contributed by atoms with E-state index in [2.05, 4.69) is 10.1 Å². The maximum Gasteiger partial charge on any atom is 0.243 e. The Bertz CT molecular complexity index is 690. The summed E-state index contributed by atoms with van der Waals surface area (Å²) in [5, 5.41) is 5.12. The molecule has 0 fully saturated rings. The summed E-state index contributed by atoms with van der Waals surface area (Å²) in [6.07, 6.45) is 0. The number of hydrogen-bond acceptors (Lipinski definition) is 2. The molecule has 0 aliphatic heterocycles. The third-order valence-electron chi connectivity index (χ3n) is 2.68. The Kier molecular flexibility index (Phi) is 3.23. The average Bonchev–Trinajstić information content (AvgIpc) is 2.83. The SMILES string of the molecule is Clc1ccc(-c2nc(Cl)nn2-c2ccccc2)cc1. The molecule has 94 valence electrons. The van der Waals surface area contributed by atoms with Gasteiger partial charge < -0.3 is 0 Å². The van der Waals surface area contributed by atoms with Crippen LogP contribution >= 0.6 is 23.2 Å². The van der Waals surface area contributed by atoms with Gasteiger partial charge in [-0.05, 0) is 48.0 Å². The molecule has 0 spiro atoms. The van der Waals surface area contributed by atoms with Gasteiger partial charge in [0.25, 0.3) is 0 Å². The molecule has 3 aromatic rings. The second-order valence-corrected chi connectivity index (χ2v) is 4.73. The number of benzene rings is 2. The maximum absolute atomic E-state index is 5.93. The van der Waals surface area contributed by atoms with Crippen LogP contribution in [0, 0.1) is 0 Å². The first-order valence-electron chi connectivity index (χ1n) is 5.68. The Morgan fingerprint density at radius 3 is 2.21 bits per heavy atom. The summed E-state index contributed by atoms with van der Waals surface area (Å²) in [4.78, 5) is 4.26. The van der Waals surface area contributed by atoms with Crippen molar-refractivity contribution in [2.45, 2.75) is 0 Å². The predicted octanol–water partition coefficient (Wildman–Crippen LogP) is 4.24. The van der Waals surface area contributed by atoms with Crippen molar-refractivity contribution < 1.29 is 0 Å². The van der Waals surface area contributed by atoms with Gasteiger partial charge in [0, 0.05) is 10.6 Å². The fourth-order valence-corrected chi connectivity index (χ4v) is 2.10. The van der Waals surface area contributed by atoms with Crippen LogP contribution in [0.15, 0.2) is 54.6 Å². The molecule has 3 nitrogen and oxygen atoms in total. The quantitative estimate of drug-likeness (QED) is 0.706. The van der Waals surface area contributed by atoms with E-state index in [0.717, 1.165) is 11.3 Å². The highest BCUT2D eigenvalue weighted by Gasteiger charge is 2.12. The average molecular weight is 290 g/mol. The van der Waals surface area contributed by atoms with Gasteiger partial charge in [-0.2, -0.15) is 4.98 Å². The van der Waals surface area contributed by atoms with Gasteiger partial charge in [0.05, 0.1) is 5.69 Å². The highest BCUT2D eigenvalue weighted by molar-refractivity contribution is 6.30. The first-order chi connectivity index (χ1) is 9.24. The van der Waals surface area contributed by atoms with Crippen LogP contribution < -0.4 is 0 Å². The van der Waals surface area contributed by atoms with Crippen LogP contribution in [-0.2, 0) is 0 Å². The molecule has 0 N–H and O–H groups in total. The molecule has 0 amide bonds. The van der Waals surface area contributed by atoms with Crippen molar-refractivity contribution in [3.8, 4) is 17.1 Å². The number of para-hydroxylation sites is 1. The van der Waals surface area contributed by atoms with Crippen LogP contribution in [0.4, 0.5) is 0 Å². The predicted molar refractivity (Wildman–Crippen MR) is 76.8 cm³/mol. The lowest BCUT2D eigenvalue weighted by molar-refractivity contribution is 0.887. The smallest absolute Gasteiger partial charge is 0.212 e. The van der Waals surface area contributed by atoms with Crippen LogP contribution in [0.25, 0.3) is 17.1 Å². The number of hydrogen-bond donors (Lipinski definition) is 0. The summed E-state index contributed by atoms with van der Waals surface area (Å²) in [6.45, 7) is 0. The standard InChI is InChI=1S/C14H9Cl2N3/c15-11-8-6-10(7-9-11)13-17-14(16)18-19(13)12-4-2-1-3-5-12/h1-9H. The highest BCUT2D eigenvalue weighted by Crippen LogP contribution is 2.23. The lowest BCUT2D eigenvalue weighted by Crippen LogP contribution is -1.99. The zero-order valence-electron chi connectivity index (χ0n) is 9.79. The van der Waals surface area contributed by atoms with E-state index in [4.69, 9.17) is 23.2 Å². The molecule has 0 unspecified atom stereocenters. The van der Waals surface area contributed by atoms with Gasteiger partial charge >= 0.3 is 0 Å². The second-order valence-electron chi connectivity index (χ2n) is 3.96. The van der Waals surface area contributed by atoms with Crippen LogP contribution in [-0.4, -0.2) is 14.8 Å². The molecule has 0 aliphatic rings. The Labute approximate surface area is 120 Å². The number of aromatic nitrogens is 3. The Morgan fingerprint density at radius 2 is 1.53 bits per heavy atom. The zero-order valence-corrected chi connectivity index (χ0v) is 11.3. The Morgan fingerprint density at radius 1 is 0.842 bits per heavy atom. The van der Waals surface area contributed by atoms with Crippen molar-refractivity contribution >= 4 is 23.2 Å². The van der Waals surface area contributed by atoms with Gasteiger partial charge in [-0.3, -0.25) is 0 Å². The summed E-state index contributed by atoms with van der Waals surface area (Å²) < 4.78 is 1.71. The van der Waals surface area contributed by atoms with E-state index in [-0.39, 0.29) is 5.28 Å². The molecular formula is C14H9Cl2N3. The van der Waals surface area contributed by atoms with Gasteiger partial charge in [-0.15, -0.1) is 5.10 Å². The largest absolute Gasteiger partial charge is 0.243 e. The second kappa shape index (κ2) is 5.03. The molecule has 0 bridgehead atoms. The Balaban J connectivity index is 2.15. The number of nitrogens with zero attached hydrogens (tertiary/aromatic N) is 3. The topological polar surface area (TPSA) is 30.7 Å². The lowest BCUT2D eigenvalue weighted by atomic mass is 10.2. The molecule has 1 heterocycles. The fraction of sp³-hybridized carbons (Fsp3) is 0. The zero-order chi connectivity index (χ0) is 13.2. The fourth-order valence-electron chi connectivity index (χ4n) is 1.82. The number of halogens is 2.